The fourth-order valence-corrected chi connectivity index (χ4v) is 8.33. The van der Waals surface area contributed by atoms with Crippen LogP contribution in [0.25, 0.3) is 100 Å². The van der Waals surface area contributed by atoms with Gasteiger partial charge >= 0.3 is 0 Å². The van der Waals surface area contributed by atoms with Gasteiger partial charge in [-0.1, -0.05) is 120 Å². The van der Waals surface area contributed by atoms with Crippen molar-refractivity contribution < 1.29 is 8.83 Å². The largest absolute Gasteiger partial charge is 0.456 e. The highest BCUT2D eigenvalue weighted by atomic mass is 16.3. The maximum Gasteiger partial charge on any atom is 0.164 e. The van der Waals surface area contributed by atoms with Crippen molar-refractivity contribution in [2.75, 3.05) is 0 Å². The minimum Gasteiger partial charge on any atom is -0.456 e. The summed E-state index contributed by atoms with van der Waals surface area (Å²) in [7, 11) is 11.1. The lowest BCUT2D eigenvalue weighted by molar-refractivity contribution is 0.668. The second-order valence-electron chi connectivity index (χ2n) is 14.5. The van der Waals surface area contributed by atoms with E-state index in [9.17, 15) is 0 Å². The smallest absolute Gasteiger partial charge is 0.164 e. The van der Waals surface area contributed by atoms with E-state index in [0.717, 1.165) is 77.3 Å². The van der Waals surface area contributed by atoms with E-state index in [1.807, 2.05) is 66.7 Å². The van der Waals surface area contributed by atoms with Gasteiger partial charge in [0.1, 0.15) is 61.6 Å². The van der Waals surface area contributed by atoms with Crippen molar-refractivity contribution in [2.45, 2.75) is 0 Å². The highest BCUT2D eigenvalue weighted by Gasteiger charge is 2.22. The Morgan fingerprint density at radius 1 is 0.364 bits per heavy atom. The van der Waals surface area contributed by atoms with Crippen LogP contribution >= 0.6 is 0 Å². The Labute approximate surface area is 322 Å². The van der Waals surface area contributed by atoms with Crippen LogP contribution in [0, 0.1) is 0 Å². The third-order valence-electron chi connectivity index (χ3n) is 11.5. The molecular weight excluding hydrogens is 669 g/mol. The van der Waals surface area contributed by atoms with E-state index in [4.69, 9.17) is 23.8 Å². The first-order valence-corrected chi connectivity index (χ1v) is 18.7. The van der Waals surface area contributed by atoms with Gasteiger partial charge in [-0.3, -0.25) is 0 Å². The Morgan fingerprint density at radius 2 is 0.873 bits per heavy atom. The molecule has 0 aliphatic carbocycles. The molecule has 0 bridgehead atoms. The summed E-state index contributed by atoms with van der Waals surface area (Å²) in [6.07, 6.45) is 0. The molecule has 10 rings (SSSR count). The fraction of sp³-hybridized carbons (Fsp3) is 0. The Balaban J connectivity index is 1.21. The van der Waals surface area contributed by atoms with Crippen LogP contribution in [0.1, 0.15) is 0 Å². The van der Waals surface area contributed by atoms with E-state index in [-0.39, 0.29) is 0 Å². The van der Waals surface area contributed by atoms with Crippen LogP contribution in [-0.2, 0) is 0 Å². The molecule has 0 saturated carbocycles. The van der Waals surface area contributed by atoms with E-state index < -0.39 is 0 Å². The summed E-state index contributed by atoms with van der Waals surface area (Å²) in [6, 6.07) is 45.6. The predicted octanol–water partition coefficient (Wildman–Crippen LogP) is 3.30. The molecule has 10 heteroatoms. The molecule has 7 aromatic carbocycles. The van der Waals surface area contributed by atoms with Gasteiger partial charge in [0, 0.05) is 43.8 Å². The van der Waals surface area contributed by atoms with Crippen LogP contribution in [0.5, 0.6) is 0 Å². The monoisotopic (exact) mass is 701 g/mol. The fourth-order valence-electron chi connectivity index (χ4n) is 8.33. The summed E-state index contributed by atoms with van der Waals surface area (Å²) in [4.78, 5) is 15.6. The topological polar surface area (TPSA) is 65.0 Å². The summed E-state index contributed by atoms with van der Waals surface area (Å²) in [5, 5.41) is 4.11. The number of benzene rings is 7. The molecule has 0 fully saturated rings. The number of hydrogen-bond donors (Lipinski definition) is 0. The van der Waals surface area contributed by atoms with Crippen molar-refractivity contribution in [2.24, 2.45) is 0 Å². The number of fused-ring (bicyclic) bond motifs is 6. The summed E-state index contributed by atoms with van der Waals surface area (Å²) >= 11 is 0. The summed E-state index contributed by atoms with van der Waals surface area (Å²) in [5.41, 5.74) is 17.0. The van der Waals surface area contributed by atoms with Crippen molar-refractivity contribution in [3.05, 3.63) is 133 Å². The molecule has 5 nitrogen and oxygen atoms in total. The number of nitrogens with zero attached hydrogens (tertiary/aromatic N) is 3. The zero-order valence-electron chi connectivity index (χ0n) is 31.4. The zero-order chi connectivity index (χ0) is 37.4. The highest BCUT2D eigenvalue weighted by molar-refractivity contribution is 6.68. The lowest BCUT2D eigenvalue weighted by Gasteiger charge is -2.20. The first-order valence-electron chi connectivity index (χ1n) is 18.7. The molecule has 3 heterocycles. The van der Waals surface area contributed by atoms with Crippen LogP contribution in [0.15, 0.2) is 142 Å². The van der Waals surface area contributed by atoms with E-state index in [1.54, 1.807) is 0 Å². The zero-order valence-corrected chi connectivity index (χ0v) is 31.4. The molecule has 55 heavy (non-hydrogen) atoms. The third kappa shape index (κ3) is 5.27. The molecule has 0 aliphatic heterocycles. The molecule has 254 valence electrons. The van der Waals surface area contributed by atoms with Crippen molar-refractivity contribution in [3.63, 3.8) is 0 Å². The van der Waals surface area contributed by atoms with Crippen LogP contribution in [-0.4, -0.2) is 54.2 Å². The quantitative estimate of drug-likeness (QED) is 0.258. The number of aromatic nitrogens is 3. The molecule has 0 unspecified atom stereocenters. The lowest BCUT2D eigenvalue weighted by Crippen LogP contribution is -2.55. The summed E-state index contributed by atoms with van der Waals surface area (Å²) in [6.45, 7) is 0. The first-order chi connectivity index (χ1) is 26.9. The Bertz CT molecular complexity index is 3150. The standard InChI is InChI=1S/C45H32B5N3O2/c46-37-34(38(47)40(49)41(50)39(37)48)24-12-6-13-25(22-24)44-51-43(23-10-2-1-3-11-23)52-45(53-44)30-18-9-21-33-36(30)35-27(15-8-20-32(35)54-33)29-17-7-16-28-26-14-4-5-19-31(26)55-42(28)29/h1-22H,46-50H2. The molecule has 0 aliphatic rings. The average molecular weight is 701 g/mol. The maximum atomic E-state index is 6.59. The minimum atomic E-state index is 0.577. The molecule has 0 spiro atoms. The molecule has 0 N–H and O–H groups in total. The Morgan fingerprint density at radius 3 is 1.64 bits per heavy atom. The van der Waals surface area contributed by atoms with Crippen molar-refractivity contribution in [1.82, 2.24) is 15.0 Å². The molecule has 0 radical (unpaired) electrons. The van der Waals surface area contributed by atoms with E-state index in [0.29, 0.717) is 17.5 Å². The Hall–Kier alpha value is -6.53. The maximum absolute atomic E-state index is 6.59. The number of para-hydroxylation sites is 2. The summed E-state index contributed by atoms with van der Waals surface area (Å²) < 4.78 is 13.1. The van der Waals surface area contributed by atoms with Gasteiger partial charge in [0.15, 0.2) is 17.5 Å². The highest BCUT2D eigenvalue weighted by Crippen LogP contribution is 2.44. The molecule has 3 aromatic heterocycles. The van der Waals surface area contributed by atoms with Gasteiger partial charge in [0.2, 0.25) is 0 Å². The van der Waals surface area contributed by atoms with E-state index in [1.165, 1.54) is 32.9 Å². The van der Waals surface area contributed by atoms with Gasteiger partial charge in [-0.2, -0.15) is 0 Å². The van der Waals surface area contributed by atoms with Crippen molar-refractivity contribution in [3.8, 4) is 56.4 Å². The molecule has 0 amide bonds. The van der Waals surface area contributed by atoms with Crippen LogP contribution < -0.4 is 27.3 Å². The van der Waals surface area contributed by atoms with Gasteiger partial charge in [-0.25, -0.2) is 15.0 Å². The number of furan rings is 2. The summed E-state index contributed by atoms with van der Waals surface area (Å²) in [5.74, 6) is 1.80. The third-order valence-corrected chi connectivity index (χ3v) is 11.5. The van der Waals surface area contributed by atoms with Crippen LogP contribution in [0.3, 0.4) is 0 Å². The van der Waals surface area contributed by atoms with Crippen LogP contribution in [0.2, 0.25) is 0 Å². The normalized spacial score (nSPS) is 11.6. The van der Waals surface area contributed by atoms with E-state index >= 15 is 0 Å². The average Bonchev–Trinajstić information content (AvgIpc) is 3.81. The second kappa shape index (κ2) is 12.8. The van der Waals surface area contributed by atoms with Crippen LogP contribution in [0.4, 0.5) is 0 Å². The molecule has 10 aromatic rings. The van der Waals surface area contributed by atoms with Gasteiger partial charge in [0.25, 0.3) is 0 Å². The van der Waals surface area contributed by atoms with Gasteiger partial charge in [0.05, 0.1) is 0 Å². The predicted molar refractivity (Wildman–Crippen MR) is 242 cm³/mol. The Kier molecular flexibility index (Phi) is 7.70. The SMILES string of the molecule is Bc1c(B)c(B)c(-c2cccc(-c3nc(-c4ccccc4)nc(-c4cccc5oc6cccc(-c7cccc8c7oc7ccccc78)c6c45)n3)c2)c(B)c1B. The van der Waals surface area contributed by atoms with Crippen molar-refractivity contribution in [1.29, 1.82) is 0 Å². The van der Waals surface area contributed by atoms with E-state index in [2.05, 4.69) is 106 Å². The molecule has 0 atom stereocenters. The van der Waals surface area contributed by atoms with Gasteiger partial charge < -0.3 is 8.83 Å². The van der Waals surface area contributed by atoms with Gasteiger partial charge in [-0.15, -0.1) is 16.4 Å². The molecular formula is C45H32B5N3O2. The lowest BCUT2D eigenvalue weighted by atomic mass is 9.59. The minimum absolute atomic E-state index is 0.577. The van der Waals surface area contributed by atoms with Gasteiger partial charge in [-0.05, 0) is 41.0 Å². The number of hydrogen-bond acceptors (Lipinski definition) is 5. The first kappa shape index (κ1) is 33.1. The van der Waals surface area contributed by atoms with Crippen molar-refractivity contribution >= 4 is 110 Å². The number of rotatable bonds is 5. The molecule has 0 saturated heterocycles. The second-order valence-corrected chi connectivity index (χ2v) is 14.5.